The van der Waals surface area contributed by atoms with Crippen molar-refractivity contribution in [3.8, 4) is 0 Å². The van der Waals surface area contributed by atoms with E-state index in [9.17, 15) is 5.11 Å². The number of aliphatic hydroxyl groups is 1. The van der Waals surface area contributed by atoms with Crippen LogP contribution in [-0.4, -0.2) is 16.6 Å². The highest BCUT2D eigenvalue weighted by atomic mass is 79.9. The number of halogens is 2. The first-order chi connectivity index (χ1) is 13.6. The van der Waals surface area contributed by atoms with Crippen LogP contribution in [-0.2, 0) is 12.3 Å². The van der Waals surface area contributed by atoms with Crippen LogP contribution in [0.2, 0.25) is 5.02 Å². The predicted octanol–water partition coefficient (Wildman–Crippen LogP) is 2.22. The Morgan fingerprint density at radius 2 is 1.66 bits per heavy atom. The minimum absolute atomic E-state index is 0. The highest BCUT2D eigenvalue weighted by Gasteiger charge is 2.51. The highest BCUT2D eigenvalue weighted by molar-refractivity contribution is 6.30. The summed E-state index contributed by atoms with van der Waals surface area (Å²) in [7, 11) is 0. The maximum atomic E-state index is 11.6. The molecule has 1 aromatic heterocycles. The smallest absolute Gasteiger partial charge is 0.396 e. The first kappa shape index (κ1) is 24.1. The molecule has 1 aliphatic rings. The zero-order chi connectivity index (χ0) is 19.8. The minimum Gasteiger partial charge on any atom is -1.00 e. The van der Waals surface area contributed by atoms with E-state index >= 15 is 0 Å². The van der Waals surface area contributed by atoms with E-state index in [1.807, 2.05) is 41.1 Å². The van der Waals surface area contributed by atoms with Gasteiger partial charge in [0.1, 0.15) is 12.7 Å². The zero-order valence-corrected chi connectivity index (χ0v) is 19.7. The Kier molecular flexibility index (Phi) is 9.87. The summed E-state index contributed by atoms with van der Waals surface area (Å²) in [6, 6.07) is 9.42. The molecule has 1 N–H and O–H groups in total. The van der Waals surface area contributed by atoms with Crippen LogP contribution in [0.1, 0.15) is 70.3 Å². The lowest BCUT2D eigenvalue weighted by Gasteiger charge is -2.28. The van der Waals surface area contributed by atoms with Gasteiger partial charge in [-0.05, 0) is 18.6 Å². The molecule has 0 amide bonds. The van der Waals surface area contributed by atoms with Gasteiger partial charge in [-0.2, -0.15) is 0 Å². The number of hydrogen-bond acceptors (Lipinski definition) is 3. The second-order valence-electron chi connectivity index (χ2n) is 7.85. The molecule has 2 aromatic rings. The largest absolute Gasteiger partial charge is 1.00 e. The molecular formula is C23H33BrClN3O. The number of anilines is 1. The molecule has 2 heterocycles. The predicted molar refractivity (Wildman–Crippen MR) is 114 cm³/mol. The number of benzene rings is 1. The van der Waals surface area contributed by atoms with Gasteiger partial charge in [0.25, 0.3) is 0 Å². The first-order valence-electron chi connectivity index (χ1n) is 10.8. The number of fused-ring (bicyclic) bond motifs is 1. The SMILES string of the molecule is CCCCCCCCCCCN1c2nccc[n+]2C[C@@]1(O)c1ccc(Cl)cc1.[Br-]. The van der Waals surface area contributed by atoms with E-state index in [1.54, 1.807) is 6.20 Å². The molecule has 0 unspecified atom stereocenters. The zero-order valence-electron chi connectivity index (χ0n) is 17.4. The molecule has 3 rings (SSSR count). The van der Waals surface area contributed by atoms with Gasteiger partial charge in [0.2, 0.25) is 5.72 Å². The van der Waals surface area contributed by atoms with E-state index in [2.05, 4.69) is 16.8 Å². The molecule has 1 atom stereocenters. The van der Waals surface area contributed by atoms with Gasteiger partial charge in [-0.1, -0.05) is 87.0 Å². The molecule has 0 radical (unpaired) electrons. The molecule has 1 aromatic carbocycles. The van der Waals surface area contributed by atoms with Crippen LogP contribution in [0, 0.1) is 0 Å². The van der Waals surface area contributed by atoms with Crippen LogP contribution in [0.4, 0.5) is 5.95 Å². The Hall–Kier alpha value is -1.17. The van der Waals surface area contributed by atoms with E-state index in [-0.39, 0.29) is 17.0 Å². The molecule has 1 aliphatic heterocycles. The van der Waals surface area contributed by atoms with E-state index in [0.717, 1.165) is 24.5 Å². The van der Waals surface area contributed by atoms with Gasteiger partial charge >= 0.3 is 5.95 Å². The van der Waals surface area contributed by atoms with E-state index < -0.39 is 5.72 Å². The molecule has 4 nitrogen and oxygen atoms in total. The Bertz CT molecular complexity index is 743. The maximum Gasteiger partial charge on any atom is 0.396 e. The van der Waals surface area contributed by atoms with Crippen LogP contribution in [0.15, 0.2) is 42.7 Å². The van der Waals surface area contributed by atoms with Gasteiger partial charge in [-0.25, -0.2) is 9.47 Å². The summed E-state index contributed by atoms with van der Waals surface area (Å²) < 4.78 is 2.03. The van der Waals surface area contributed by atoms with E-state index in [1.165, 1.54) is 51.4 Å². The van der Waals surface area contributed by atoms with Crippen molar-refractivity contribution in [2.45, 2.75) is 77.0 Å². The molecular weight excluding hydrogens is 450 g/mol. The van der Waals surface area contributed by atoms with Crippen molar-refractivity contribution in [2.24, 2.45) is 0 Å². The average molecular weight is 483 g/mol. The molecule has 0 spiro atoms. The summed E-state index contributed by atoms with van der Waals surface area (Å²) in [6.45, 7) is 3.54. The van der Waals surface area contributed by atoms with Crippen LogP contribution in [0.25, 0.3) is 0 Å². The third-order valence-corrected chi connectivity index (χ3v) is 5.92. The van der Waals surface area contributed by atoms with Crippen LogP contribution >= 0.6 is 11.6 Å². The quantitative estimate of drug-likeness (QED) is 0.394. The summed E-state index contributed by atoms with van der Waals surface area (Å²) in [6.07, 6.45) is 15.4. The fraction of sp³-hybridized carbons (Fsp3) is 0.565. The summed E-state index contributed by atoms with van der Waals surface area (Å²) >= 11 is 6.05. The molecule has 0 saturated heterocycles. The number of unbranched alkanes of at least 4 members (excludes halogenated alkanes) is 8. The van der Waals surface area contributed by atoms with Crippen LogP contribution in [0.3, 0.4) is 0 Å². The lowest BCUT2D eigenvalue weighted by atomic mass is 10.0. The van der Waals surface area contributed by atoms with E-state index in [4.69, 9.17) is 11.6 Å². The van der Waals surface area contributed by atoms with Crippen LogP contribution in [0.5, 0.6) is 0 Å². The van der Waals surface area contributed by atoms with Crippen molar-refractivity contribution in [1.82, 2.24) is 4.98 Å². The summed E-state index contributed by atoms with van der Waals surface area (Å²) in [5, 5.41) is 12.3. The van der Waals surface area contributed by atoms with E-state index in [0.29, 0.717) is 11.6 Å². The second-order valence-corrected chi connectivity index (χ2v) is 8.29. The summed E-state index contributed by atoms with van der Waals surface area (Å²) in [5.74, 6) is 0.833. The van der Waals surface area contributed by atoms with Crippen molar-refractivity contribution in [2.75, 3.05) is 11.4 Å². The van der Waals surface area contributed by atoms with Gasteiger partial charge in [-0.3, -0.25) is 0 Å². The lowest BCUT2D eigenvalue weighted by Crippen LogP contribution is -3.00. The molecule has 0 bridgehead atoms. The number of rotatable bonds is 11. The van der Waals surface area contributed by atoms with Gasteiger partial charge in [0.05, 0.1) is 12.7 Å². The Balaban J connectivity index is 0.00000300. The molecule has 160 valence electrons. The van der Waals surface area contributed by atoms with Crippen molar-refractivity contribution in [3.05, 3.63) is 53.3 Å². The molecule has 0 aliphatic carbocycles. The summed E-state index contributed by atoms with van der Waals surface area (Å²) in [4.78, 5) is 6.59. The fourth-order valence-corrected chi connectivity index (χ4v) is 4.18. The summed E-state index contributed by atoms with van der Waals surface area (Å²) in [5.41, 5.74) is -0.218. The second kappa shape index (κ2) is 11.9. The Labute approximate surface area is 190 Å². The average Bonchev–Trinajstić information content (AvgIpc) is 3.00. The normalized spacial score (nSPS) is 17.8. The standard InChI is InChI=1S/C23H33ClN3O.BrH/c1-2-3-4-5-6-7-8-9-10-18-27-22-25-16-11-17-26(22)19-23(27,28)20-12-14-21(24)15-13-20;/h11-17,28H,2-10,18-19H2,1H3;1H/q+1;/p-1/t23-;/m1./s1. The lowest BCUT2D eigenvalue weighted by molar-refractivity contribution is -0.685. The van der Waals surface area contributed by atoms with Gasteiger partial charge in [0, 0.05) is 16.7 Å². The highest BCUT2D eigenvalue weighted by Crippen LogP contribution is 2.34. The van der Waals surface area contributed by atoms with Crippen molar-refractivity contribution >= 4 is 17.5 Å². The van der Waals surface area contributed by atoms with Crippen molar-refractivity contribution < 1.29 is 26.7 Å². The number of nitrogens with zero attached hydrogens (tertiary/aromatic N) is 3. The van der Waals surface area contributed by atoms with Crippen molar-refractivity contribution in [3.63, 3.8) is 0 Å². The van der Waals surface area contributed by atoms with Gasteiger partial charge in [-0.15, -0.1) is 0 Å². The van der Waals surface area contributed by atoms with Gasteiger partial charge in [0.15, 0.2) is 0 Å². The minimum atomic E-state index is -1.08. The third-order valence-electron chi connectivity index (χ3n) is 5.67. The third kappa shape index (κ3) is 6.16. The van der Waals surface area contributed by atoms with Crippen LogP contribution < -0.4 is 26.4 Å². The molecule has 0 saturated carbocycles. The monoisotopic (exact) mass is 481 g/mol. The van der Waals surface area contributed by atoms with Crippen molar-refractivity contribution in [1.29, 1.82) is 0 Å². The molecule has 6 heteroatoms. The number of hydrogen-bond donors (Lipinski definition) is 1. The molecule has 0 fully saturated rings. The topological polar surface area (TPSA) is 40.2 Å². The van der Waals surface area contributed by atoms with Gasteiger partial charge < -0.3 is 22.1 Å². The molecule has 29 heavy (non-hydrogen) atoms. The Morgan fingerprint density at radius 3 is 2.31 bits per heavy atom. The number of aromatic nitrogens is 2. The Morgan fingerprint density at radius 1 is 1.03 bits per heavy atom. The first-order valence-corrected chi connectivity index (χ1v) is 11.1. The fourth-order valence-electron chi connectivity index (χ4n) is 4.06. The maximum absolute atomic E-state index is 11.6.